The van der Waals surface area contributed by atoms with Gasteiger partial charge in [-0.15, -0.1) is 0 Å². The Morgan fingerprint density at radius 2 is 1.55 bits per heavy atom. The Morgan fingerprint density at radius 3 is 2.11 bits per heavy atom. The molecule has 0 aliphatic heterocycles. The van der Waals surface area contributed by atoms with Gasteiger partial charge in [0.25, 0.3) is 27.4 Å². The molecule has 0 bridgehead atoms. The van der Waals surface area contributed by atoms with E-state index in [1.807, 2.05) is 4.72 Å². The van der Waals surface area contributed by atoms with Crippen molar-refractivity contribution < 1.29 is 36.7 Å². The predicted octanol–water partition coefficient (Wildman–Crippen LogP) is 3.35. The molecule has 0 saturated heterocycles. The second kappa shape index (κ2) is 13.6. The molecule has 3 aromatic carbocycles. The highest BCUT2D eigenvalue weighted by Crippen LogP contribution is 2.23. The van der Waals surface area contributed by atoms with Crippen molar-refractivity contribution in [1.82, 2.24) is 20.0 Å². The van der Waals surface area contributed by atoms with Gasteiger partial charge in [-0.1, -0.05) is 25.0 Å². The Labute approximate surface area is 268 Å². The number of hydrogen-bond donors (Lipinski definition) is 4. The molecule has 0 spiro atoms. The summed E-state index contributed by atoms with van der Waals surface area (Å²) in [6.07, 6.45) is 5.14. The number of rotatable bonds is 11. The molecular formula is C32H31F2N5O7S. The Balaban J connectivity index is 1.25. The third-order valence-corrected chi connectivity index (χ3v) is 9.22. The van der Waals surface area contributed by atoms with E-state index in [1.165, 1.54) is 35.0 Å². The number of amides is 2. The molecule has 0 radical (unpaired) electrons. The van der Waals surface area contributed by atoms with Crippen molar-refractivity contribution in [3.8, 4) is 5.69 Å². The highest BCUT2D eigenvalue weighted by atomic mass is 32.2. The largest absolute Gasteiger partial charge is 0.480 e. The predicted molar refractivity (Wildman–Crippen MR) is 167 cm³/mol. The summed E-state index contributed by atoms with van der Waals surface area (Å²) in [6.45, 7) is 0. The molecule has 1 saturated carbocycles. The summed E-state index contributed by atoms with van der Waals surface area (Å²) >= 11 is 0. The number of carboxylic acids is 1. The van der Waals surface area contributed by atoms with Gasteiger partial charge in [-0.25, -0.2) is 26.7 Å². The average molecular weight is 668 g/mol. The molecule has 246 valence electrons. The van der Waals surface area contributed by atoms with Crippen LogP contribution < -0.4 is 20.9 Å². The summed E-state index contributed by atoms with van der Waals surface area (Å²) in [4.78, 5) is 49.0. The minimum Gasteiger partial charge on any atom is -0.480 e. The SMILES string of the molecule is Cn1ccc(=O)n1-c1ccc(C[C@H](NC(=O)c2c(F)cc(NS(=O)(=O)c3ccc(C(=O)NC4CCCC4)cc3)cc2F)C(=O)O)cc1. The van der Waals surface area contributed by atoms with Gasteiger partial charge in [-0.05, 0) is 66.9 Å². The number of carbonyl (C=O) groups excluding carboxylic acids is 2. The summed E-state index contributed by atoms with van der Waals surface area (Å²) in [5.74, 6) is -6.02. The normalized spacial score (nSPS) is 14.0. The minimum atomic E-state index is -4.35. The van der Waals surface area contributed by atoms with Crippen molar-refractivity contribution in [3.63, 3.8) is 0 Å². The number of nitrogens with one attached hydrogen (secondary N) is 3. The van der Waals surface area contributed by atoms with E-state index >= 15 is 8.78 Å². The molecule has 1 heterocycles. The van der Waals surface area contributed by atoms with Gasteiger partial charge in [0.2, 0.25) is 0 Å². The molecule has 2 amide bonds. The van der Waals surface area contributed by atoms with Crippen LogP contribution in [0.5, 0.6) is 0 Å². The first-order valence-corrected chi connectivity index (χ1v) is 16.1. The van der Waals surface area contributed by atoms with Gasteiger partial charge in [-0.2, -0.15) is 0 Å². The molecule has 1 aliphatic carbocycles. The van der Waals surface area contributed by atoms with E-state index in [4.69, 9.17) is 0 Å². The van der Waals surface area contributed by atoms with Crippen molar-refractivity contribution in [2.24, 2.45) is 7.05 Å². The topological polar surface area (TPSA) is 169 Å². The number of carbonyl (C=O) groups is 3. The molecule has 1 aromatic heterocycles. The lowest BCUT2D eigenvalue weighted by atomic mass is 10.0. The summed E-state index contributed by atoms with van der Waals surface area (Å²) in [7, 11) is -2.68. The fourth-order valence-corrected chi connectivity index (χ4v) is 6.44. The molecule has 5 rings (SSSR count). The zero-order chi connectivity index (χ0) is 33.9. The van der Waals surface area contributed by atoms with Crippen molar-refractivity contribution >= 4 is 33.5 Å². The van der Waals surface area contributed by atoms with Gasteiger partial charge in [0, 0.05) is 37.3 Å². The summed E-state index contributed by atoms with van der Waals surface area (Å²) in [5.41, 5.74) is -0.670. The zero-order valence-electron chi connectivity index (χ0n) is 25.1. The zero-order valence-corrected chi connectivity index (χ0v) is 25.9. The van der Waals surface area contributed by atoms with E-state index in [2.05, 4.69) is 10.6 Å². The van der Waals surface area contributed by atoms with Crippen molar-refractivity contribution in [2.45, 2.75) is 49.1 Å². The molecule has 1 aliphatic rings. The third-order valence-electron chi connectivity index (χ3n) is 7.82. The van der Waals surface area contributed by atoms with E-state index in [1.54, 1.807) is 42.2 Å². The highest BCUT2D eigenvalue weighted by Gasteiger charge is 2.27. The van der Waals surface area contributed by atoms with Gasteiger partial charge in [-0.3, -0.25) is 23.8 Å². The Bertz CT molecular complexity index is 1960. The molecule has 12 nitrogen and oxygen atoms in total. The molecule has 1 atom stereocenters. The Kier molecular flexibility index (Phi) is 9.56. The fourth-order valence-electron chi connectivity index (χ4n) is 5.40. The van der Waals surface area contributed by atoms with Crippen molar-refractivity contribution in [3.05, 3.63) is 112 Å². The minimum absolute atomic E-state index is 0.0733. The number of aliphatic carboxylic acids is 1. The second-order valence-electron chi connectivity index (χ2n) is 11.2. The van der Waals surface area contributed by atoms with E-state index < -0.39 is 50.8 Å². The van der Waals surface area contributed by atoms with Crippen LogP contribution >= 0.6 is 0 Å². The quantitative estimate of drug-likeness (QED) is 0.190. The second-order valence-corrected chi connectivity index (χ2v) is 12.9. The van der Waals surface area contributed by atoms with Gasteiger partial charge >= 0.3 is 5.97 Å². The van der Waals surface area contributed by atoms with Crippen LogP contribution in [0.4, 0.5) is 14.5 Å². The van der Waals surface area contributed by atoms with Gasteiger partial charge in [0.15, 0.2) is 0 Å². The van der Waals surface area contributed by atoms with Crippen LogP contribution in [0, 0.1) is 11.6 Å². The van der Waals surface area contributed by atoms with Crippen LogP contribution in [0.3, 0.4) is 0 Å². The monoisotopic (exact) mass is 667 g/mol. The number of nitrogens with zero attached hydrogens (tertiary/aromatic N) is 2. The van der Waals surface area contributed by atoms with E-state index in [0.29, 0.717) is 23.4 Å². The molecule has 1 fully saturated rings. The van der Waals surface area contributed by atoms with Gasteiger partial charge in [0.1, 0.15) is 23.2 Å². The first-order valence-electron chi connectivity index (χ1n) is 14.6. The first-order chi connectivity index (χ1) is 22.3. The maximum Gasteiger partial charge on any atom is 0.326 e. The van der Waals surface area contributed by atoms with E-state index in [-0.39, 0.29) is 34.4 Å². The first kappa shape index (κ1) is 33.1. The number of hydrogen-bond acceptors (Lipinski definition) is 6. The van der Waals surface area contributed by atoms with Crippen LogP contribution in [-0.4, -0.2) is 52.8 Å². The van der Waals surface area contributed by atoms with Gasteiger partial charge in [0.05, 0.1) is 16.3 Å². The standard InChI is InChI=1S/C32H31F2N5O7S/c1-38-15-14-28(40)39(38)23-10-6-19(7-11-23)16-27(32(43)44)36-31(42)29-25(33)17-22(18-26(29)34)37-47(45,46)24-12-8-20(9-13-24)30(41)35-21-4-2-3-5-21/h6-15,17-18,21,27,37H,2-5,16H2,1H3,(H,35,41)(H,36,42)(H,43,44)/t27-/m0/s1. The number of benzene rings is 3. The van der Waals surface area contributed by atoms with E-state index in [0.717, 1.165) is 25.7 Å². The van der Waals surface area contributed by atoms with Crippen molar-refractivity contribution in [2.75, 3.05) is 4.72 Å². The lowest BCUT2D eigenvalue weighted by molar-refractivity contribution is -0.139. The molecule has 0 unspecified atom stereocenters. The summed E-state index contributed by atoms with van der Waals surface area (Å²) < 4.78 is 60.8. The molecule has 4 aromatic rings. The van der Waals surface area contributed by atoms with Crippen LogP contribution in [0.2, 0.25) is 0 Å². The number of aryl methyl sites for hydroxylation is 1. The highest BCUT2D eigenvalue weighted by molar-refractivity contribution is 7.92. The maximum absolute atomic E-state index is 15.0. The molecule has 15 heteroatoms. The fraction of sp³-hybridized carbons (Fsp3) is 0.250. The number of anilines is 1. The molecule has 47 heavy (non-hydrogen) atoms. The van der Waals surface area contributed by atoms with Crippen LogP contribution in [0.25, 0.3) is 5.69 Å². The van der Waals surface area contributed by atoms with Gasteiger partial charge < -0.3 is 15.7 Å². The third kappa shape index (κ3) is 7.57. The maximum atomic E-state index is 15.0. The average Bonchev–Trinajstić information content (AvgIpc) is 3.65. The molecular weight excluding hydrogens is 636 g/mol. The summed E-state index contributed by atoms with van der Waals surface area (Å²) in [6, 6.07) is 12.4. The lowest BCUT2D eigenvalue weighted by Crippen LogP contribution is -2.43. The lowest BCUT2D eigenvalue weighted by Gasteiger charge is -2.16. The number of aromatic nitrogens is 2. The number of halogens is 2. The Hall–Kier alpha value is -5.31. The Morgan fingerprint density at radius 1 is 0.936 bits per heavy atom. The molecule has 4 N–H and O–H groups in total. The van der Waals surface area contributed by atoms with Crippen LogP contribution in [0.15, 0.2) is 82.6 Å². The smallest absolute Gasteiger partial charge is 0.326 e. The van der Waals surface area contributed by atoms with Crippen molar-refractivity contribution in [1.29, 1.82) is 0 Å². The van der Waals surface area contributed by atoms with E-state index in [9.17, 15) is 32.7 Å². The van der Waals surface area contributed by atoms with Crippen LogP contribution in [0.1, 0.15) is 52.0 Å². The number of sulfonamides is 1. The van der Waals surface area contributed by atoms with Crippen LogP contribution in [-0.2, 0) is 28.3 Å². The number of carboxylic acid groups (broad SMARTS) is 1. The summed E-state index contributed by atoms with van der Waals surface area (Å²) in [5, 5.41) is 14.7.